The van der Waals surface area contributed by atoms with Gasteiger partial charge in [0.15, 0.2) is 0 Å². The van der Waals surface area contributed by atoms with Gasteiger partial charge in [-0.1, -0.05) is 54.1 Å². The molecule has 1 heterocycles. The van der Waals surface area contributed by atoms with Crippen LogP contribution < -0.4 is 0 Å². The van der Waals surface area contributed by atoms with E-state index in [0.29, 0.717) is 17.1 Å². The Kier molecular flexibility index (Phi) is 3.95. The van der Waals surface area contributed by atoms with Crippen LogP contribution in [0.1, 0.15) is 22.7 Å². The topological polar surface area (TPSA) is 40.5 Å². The largest absolute Gasteiger partial charge is 0.480 e. The highest BCUT2D eigenvalue weighted by Gasteiger charge is 2.31. The summed E-state index contributed by atoms with van der Waals surface area (Å²) in [6.07, 6.45) is 0.865. The van der Waals surface area contributed by atoms with Crippen molar-refractivity contribution in [1.82, 2.24) is 4.90 Å². The zero-order valence-electron chi connectivity index (χ0n) is 11.5. The van der Waals surface area contributed by atoms with Crippen LogP contribution in [0.25, 0.3) is 0 Å². The number of benzene rings is 2. The van der Waals surface area contributed by atoms with Crippen LogP contribution in [0.15, 0.2) is 48.5 Å². The lowest BCUT2D eigenvalue weighted by Gasteiger charge is -2.33. The Hall–Kier alpha value is -1.84. The molecule has 1 unspecified atom stereocenters. The maximum atomic E-state index is 11.8. The fraction of sp³-hybridized carbons (Fsp3) is 0.235. The van der Waals surface area contributed by atoms with Gasteiger partial charge >= 0.3 is 5.97 Å². The number of hydrogen-bond donors (Lipinski definition) is 1. The monoisotopic (exact) mass is 301 g/mol. The summed E-state index contributed by atoms with van der Waals surface area (Å²) < 4.78 is 0. The minimum absolute atomic E-state index is 0.503. The van der Waals surface area contributed by atoms with E-state index in [2.05, 4.69) is 12.1 Å². The Labute approximate surface area is 128 Å². The Morgan fingerprint density at radius 2 is 1.76 bits per heavy atom. The zero-order chi connectivity index (χ0) is 14.8. The molecule has 21 heavy (non-hydrogen) atoms. The van der Waals surface area contributed by atoms with Crippen molar-refractivity contribution in [2.75, 3.05) is 6.54 Å². The molecule has 1 aliphatic heterocycles. The molecule has 3 nitrogen and oxygen atoms in total. The van der Waals surface area contributed by atoms with E-state index in [1.54, 1.807) is 12.1 Å². The second-order valence-corrected chi connectivity index (χ2v) is 5.66. The number of aliphatic carboxylic acids is 1. The van der Waals surface area contributed by atoms with Crippen molar-refractivity contribution in [3.63, 3.8) is 0 Å². The summed E-state index contributed by atoms with van der Waals surface area (Å²) in [5.74, 6) is -0.859. The number of carboxylic acid groups (broad SMARTS) is 1. The molecule has 0 aromatic heterocycles. The fourth-order valence-corrected chi connectivity index (χ4v) is 3.16. The summed E-state index contributed by atoms with van der Waals surface area (Å²) in [5, 5.41) is 10.2. The lowest BCUT2D eigenvalue weighted by Crippen LogP contribution is -2.38. The third-order valence-electron chi connectivity index (χ3n) is 3.96. The Morgan fingerprint density at radius 1 is 1.10 bits per heavy atom. The average molecular weight is 302 g/mol. The highest BCUT2D eigenvalue weighted by Crippen LogP contribution is 2.31. The van der Waals surface area contributed by atoms with Gasteiger partial charge in [0.1, 0.15) is 6.04 Å². The number of halogens is 1. The number of nitrogens with zero attached hydrogens (tertiary/aromatic N) is 1. The summed E-state index contributed by atoms with van der Waals surface area (Å²) in [6, 6.07) is 14.7. The van der Waals surface area contributed by atoms with Gasteiger partial charge in [-0.05, 0) is 29.2 Å². The Morgan fingerprint density at radius 3 is 2.48 bits per heavy atom. The third kappa shape index (κ3) is 2.80. The van der Waals surface area contributed by atoms with E-state index in [0.717, 1.165) is 13.0 Å². The summed E-state index contributed by atoms with van der Waals surface area (Å²) in [4.78, 5) is 13.7. The van der Waals surface area contributed by atoms with E-state index in [9.17, 15) is 9.90 Å². The lowest BCUT2D eigenvalue weighted by molar-refractivity contribution is -0.144. The molecule has 0 saturated carbocycles. The second-order valence-electron chi connectivity index (χ2n) is 5.25. The summed E-state index contributed by atoms with van der Waals surface area (Å²) in [6.45, 7) is 1.36. The van der Waals surface area contributed by atoms with Crippen molar-refractivity contribution in [3.8, 4) is 0 Å². The average Bonchev–Trinajstić information content (AvgIpc) is 2.49. The molecule has 0 amide bonds. The lowest BCUT2D eigenvalue weighted by atomic mass is 9.96. The van der Waals surface area contributed by atoms with Gasteiger partial charge in [0, 0.05) is 18.1 Å². The molecule has 2 aromatic carbocycles. The molecule has 0 bridgehead atoms. The molecule has 1 N–H and O–H groups in total. The van der Waals surface area contributed by atoms with Gasteiger partial charge in [-0.25, -0.2) is 0 Å². The third-order valence-corrected chi connectivity index (χ3v) is 4.30. The van der Waals surface area contributed by atoms with Gasteiger partial charge < -0.3 is 5.11 Å². The van der Waals surface area contributed by atoms with E-state index in [4.69, 9.17) is 11.6 Å². The standard InChI is InChI=1S/C17H16ClNO2/c18-15-8-4-3-7-14(15)16(17(20)21)19-10-9-12-5-1-2-6-13(12)11-19/h1-8,16H,9-11H2,(H,20,21). The molecule has 1 atom stereocenters. The van der Waals surface area contributed by atoms with Crippen LogP contribution in [0.2, 0.25) is 5.02 Å². The van der Waals surface area contributed by atoms with Gasteiger partial charge in [-0.15, -0.1) is 0 Å². The first-order valence-electron chi connectivity index (χ1n) is 6.95. The SMILES string of the molecule is O=C(O)C(c1ccccc1Cl)N1CCc2ccccc2C1. The van der Waals surface area contributed by atoms with Crippen LogP contribution in [0.4, 0.5) is 0 Å². The van der Waals surface area contributed by atoms with Crippen LogP contribution >= 0.6 is 11.6 Å². The number of hydrogen-bond acceptors (Lipinski definition) is 2. The fourth-order valence-electron chi connectivity index (χ4n) is 2.92. The molecule has 2 aromatic rings. The highest BCUT2D eigenvalue weighted by molar-refractivity contribution is 6.31. The molecule has 108 valence electrons. The van der Waals surface area contributed by atoms with Crippen LogP contribution in [0, 0.1) is 0 Å². The molecular weight excluding hydrogens is 286 g/mol. The van der Waals surface area contributed by atoms with E-state index in [-0.39, 0.29) is 0 Å². The second kappa shape index (κ2) is 5.88. The molecule has 0 spiro atoms. The Balaban J connectivity index is 1.94. The first-order valence-corrected chi connectivity index (χ1v) is 7.32. The zero-order valence-corrected chi connectivity index (χ0v) is 12.3. The van der Waals surface area contributed by atoms with E-state index < -0.39 is 12.0 Å². The highest BCUT2D eigenvalue weighted by atomic mass is 35.5. The van der Waals surface area contributed by atoms with Crippen molar-refractivity contribution in [2.24, 2.45) is 0 Å². The quantitative estimate of drug-likeness (QED) is 0.943. The van der Waals surface area contributed by atoms with Crippen LogP contribution in [0.3, 0.4) is 0 Å². The van der Waals surface area contributed by atoms with Crippen molar-refractivity contribution < 1.29 is 9.90 Å². The summed E-state index contributed by atoms with van der Waals surface area (Å²) in [5.41, 5.74) is 3.16. The van der Waals surface area contributed by atoms with Crippen LogP contribution in [-0.2, 0) is 17.8 Å². The van der Waals surface area contributed by atoms with Crippen LogP contribution in [0.5, 0.6) is 0 Å². The molecule has 0 fully saturated rings. The molecule has 3 rings (SSSR count). The predicted molar refractivity (Wildman–Crippen MR) is 82.4 cm³/mol. The van der Waals surface area contributed by atoms with E-state index in [1.165, 1.54) is 11.1 Å². The van der Waals surface area contributed by atoms with Crippen molar-refractivity contribution in [1.29, 1.82) is 0 Å². The predicted octanol–water partition coefficient (Wildman–Crippen LogP) is 3.52. The van der Waals surface area contributed by atoms with E-state index in [1.807, 2.05) is 29.2 Å². The number of carboxylic acids is 1. The minimum atomic E-state index is -0.859. The van der Waals surface area contributed by atoms with Gasteiger partial charge in [0.25, 0.3) is 0 Å². The number of fused-ring (bicyclic) bond motifs is 1. The van der Waals surface area contributed by atoms with Crippen molar-refractivity contribution in [2.45, 2.75) is 19.0 Å². The van der Waals surface area contributed by atoms with Gasteiger partial charge in [-0.2, -0.15) is 0 Å². The molecular formula is C17H16ClNO2. The number of carbonyl (C=O) groups is 1. The van der Waals surface area contributed by atoms with E-state index >= 15 is 0 Å². The molecule has 0 aliphatic carbocycles. The smallest absolute Gasteiger partial charge is 0.325 e. The Bertz CT molecular complexity index is 671. The molecule has 1 aliphatic rings. The van der Waals surface area contributed by atoms with Gasteiger partial charge in [0.2, 0.25) is 0 Å². The first kappa shape index (κ1) is 14.1. The van der Waals surface area contributed by atoms with Crippen molar-refractivity contribution >= 4 is 17.6 Å². The molecule has 0 saturated heterocycles. The van der Waals surface area contributed by atoms with Gasteiger partial charge in [-0.3, -0.25) is 9.69 Å². The summed E-state index contributed by atoms with van der Waals surface area (Å²) in [7, 11) is 0. The first-order chi connectivity index (χ1) is 10.2. The van der Waals surface area contributed by atoms with Crippen molar-refractivity contribution in [3.05, 3.63) is 70.2 Å². The molecule has 4 heteroatoms. The maximum Gasteiger partial charge on any atom is 0.325 e. The molecule has 0 radical (unpaired) electrons. The van der Waals surface area contributed by atoms with Crippen LogP contribution in [-0.4, -0.2) is 22.5 Å². The summed E-state index contributed by atoms with van der Waals surface area (Å²) >= 11 is 6.19. The maximum absolute atomic E-state index is 11.8. The minimum Gasteiger partial charge on any atom is -0.480 e. The number of rotatable bonds is 3. The van der Waals surface area contributed by atoms with Gasteiger partial charge in [0.05, 0.1) is 0 Å². The normalized spacial score (nSPS) is 16.2.